The maximum absolute atomic E-state index is 12.9. The molecule has 1 amide bonds. The van der Waals surface area contributed by atoms with Crippen LogP contribution in [-0.4, -0.2) is 22.2 Å². The van der Waals surface area contributed by atoms with Gasteiger partial charge in [-0.2, -0.15) is 0 Å². The molecule has 0 saturated carbocycles. The molecule has 6 heteroatoms. The molecule has 1 aliphatic heterocycles. The van der Waals surface area contributed by atoms with Crippen LogP contribution in [0.1, 0.15) is 30.7 Å². The van der Waals surface area contributed by atoms with E-state index in [9.17, 15) is 9.90 Å². The molecule has 0 bridgehead atoms. The van der Waals surface area contributed by atoms with Gasteiger partial charge in [0, 0.05) is 11.6 Å². The highest BCUT2D eigenvalue weighted by molar-refractivity contribution is 6.10. The summed E-state index contributed by atoms with van der Waals surface area (Å²) in [7, 11) is 0. The fraction of sp³-hybridized carbons (Fsp3) is 0.333. The van der Waals surface area contributed by atoms with Crippen LogP contribution in [0.15, 0.2) is 28.8 Å². The second kappa shape index (κ2) is 4.33. The van der Waals surface area contributed by atoms with E-state index in [2.05, 4.69) is 5.16 Å². The Labute approximate surface area is 122 Å². The van der Waals surface area contributed by atoms with Gasteiger partial charge in [-0.25, -0.2) is 0 Å². The van der Waals surface area contributed by atoms with Gasteiger partial charge in [0.05, 0.1) is 16.9 Å². The van der Waals surface area contributed by atoms with Gasteiger partial charge in [-0.15, -0.1) is 0 Å². The fourth-order valence-electron chi connectivity index (χ4n) is 2.97. The summed E-state index contributed by atoms with van der Waals surface area (Å²) in [5.74, 6) is -0.472. The highest BCUT2D eigenvalue weighted by atomic mass is 16.5. The molecule has 0 saturated heterocycles. The summed E-state index contributed by atoms with van der Waals surface area (Å²) < 4.78 is 4.93. The first-order valence-electron chi connectivity index (χ1n) is 6.76. The van der Waals surface area contributed by atoms with Crippen molar-refractivity contribution in [2.24, 2.45) is 0 Å². The Balaban J connectivity index is 2.31. The Morgan fingerprint density at radius 2 is 2.05 bits per heavy atom. The molecule has 1 aromatic carbocycles. The van der Waals surface area contributed by atoms with Crippen LogP contribution in [-0.2, 0) is 10.4 Å². The van der Waals surface area contributed by atoms with Crippen molar-refractivity contribution in [3.05, 3.63) is 41.1 Å². The number of carbonyl (C=O) groups is 1. The number of rotatable bonds is 2. The number of hydrogen-bond acceptors (Lipinski definition) is 5. The van der Waals surface area contributed by atoms with Crippen LogP contribution in [0.2, 0.25) is 0 Å². The van der Waals surface area contributed by atoms with Crippen LogP contribution in [0.4, 0.5) is 11.6 Å². The third kappa shape index (κ3) is 1.62. The topological polar surface area (TPSA) is 92.6 Å². The second-order valence-electron chi connectivity index (χ2n) is 5.50. The molecule has 110 valence electrons. The lowest BCUT2D eigenvalue weighted by molar-refractivity contribution is -0.132. The minimum absolute atomic E-state index is 0.0382. The van der Waals surface area contributed by atoms with Crippen LogP contribution in [0.5, 0.6) is 0 Å². The molecule has 0 unspecified atom stereocenters. The van der Waals surface area contributed by atoms with Crippen molar-refractivity contribution in [3.63, 3.8) is 0 Å². The molecule has 1 aliphatic rings. The van der Waals surface area contributed by atoms with Gasteiger partial charge in [0.1, 0.15) is 0 Å². The molecule has 6 nitrogen and oxygen atoms in total. The molecule has 2 heterocycles. The molecule has 3 rings (SSSR count). The first kappa shape index (κ1) is 13.6. The lowest BCUT2D eigenvalue weighted by atomic mass is 9.87. The van der Waals surface area contributed by atoms with Crippen molar-refractivity contribution >= 4 is 17.5 Å². The zero-order chi connectivity index (χ0) is 15.4. The van der Waals surface area contributed by atoms with Crippen LogP contribution in [0.3, 0.4) is 0 Å². The van der Waals surface area contributed by atoms with Crippen molar-refractivity contribution < 1.29 is 14.4 Å². The number of nitrogens with zero attached hydrogens (tertiary/aromatic N) is 2. The summed E-state index contributed by atoms with van der Waals surface area (Å²) in [5, 5.41) is 14.9. The van der Waals surface area contributed by atoms with Crippen molar-refractivity contribution in [1.82, 2.24) is 5.16 Å². The number of carbonyl (C=O) groups excluding carboxylic acids is 1. The molecule has 2 aromatic rings. The predicted octanol–water partition coefficient (Wildman–Crippen LogP) is 1.56. The number of amides is 1. The summed E-state index contributed by atoms with van der Waals surface area (Å²) in [6, 6.07) is 7.05. The summed E-state index contributed by atoms with van der Waals surface area (Å²) in [4.78, 5) is 14.5. The van der Waals surface area contributed by atoms with E-state index in [1.807, 2.05) is 26.0 Å². The number of benzene rings is 1. The smallest absolute Gasteiger partial charge is 0.269 e. The summed E-state index contributed by atoms with van der Waals surface area (Å²) in [6.45, 7) is 5.44. The van der Waals surface area contributed by atoms with Crippen molar-refractivity contribution in [3.8, 4) is 0 Å². The van der Waals surface area contributed by atoms with Gasteiger partial charge in [0.25, 0.3) is 5.91 Å². The maximum Gasteiger partial charge on any atom is 0.269 e. The minimum Gasteiger partial charge on any atom is -0.371 e. The quantitative estimate of drug-likeness (QED) is 0.874. The molecule has 0 aliphatic carbocycles. The van der Waals surface area contributed by atoms with Gasteiger partial charge in [0.15, 0.2) is 0 Å². The van der Waals surface area contributed by atoms with Gasteiger partial charge in [-0.05, 0) is 26.8 Å². The molecule has 0 spiro atoms. The van der Waals surface area contributed by atoms with Crippen molar-refractivity contribution in [2.75, 3.05) is 10.6 Å². The first-order chi connectivity index (χ1) is 9.89. The third-order valence-electron chi connectivity index (χ3n) is 3.85. The largest absolute Gasteiger partial charge is 0.371 e. The van der Waals surface area contributed by atoms with Crippen LogP contribution in [0, 0.1) is 6.92 Å². The molecule has 0 radical (unpaired) electrons. The van der Waals surface area contributed by atoms with E-state index in [0.717, 1.165) is 0 Å². The van der Waals surface area contributed by atoms with Crippen LogP contribution < -0.4 is 10.6 Å². The van der Waals surface area contributed by atoms with Crippen LogP contribution in [0.25, 0.3) is 0 Å². The number of aryl methyl sites for hydroxylation is 1. The van der Waals surface area contributed by atoms with Crippen molar-refractivity contribution in [2.45, 2.75) is 32.4 Å². The second-order valence-corrected chi connectivity index (χ2v) is 5.50. The number of anilines is 2. The lowest BCUT2D eigenvalue weighted by Crippen LogP contribution is -2.44. The Hall–Kier alpha value is -2.34. The van der Waals surface area contributed by atoms with Gasteiger partial charge in [0.2, 0.25) is 11.5 Å². The maximum atomic E-state index is 12.9. The number of para-hydroxylation sites is 1. The molecular weight excluding hydrogens is 270 g/mol. The Morgan fingerprint density at radius 3 is 2.62 bits per heavy atom. The van der Waals surface area contributed by atoms with Crippen LogP contribution >= 0.6 is 0 Å². The van der Waals surface area contributed by atoms with Crippen molar-refractivity contribution in [1.29, 1.82) is 0 Å². The van der Waals surface area contributed by atoms with E-state index in [4.69, 9.17) is 10.3 Å². The summed E-state index contributed by atoms with van der Waals surface area (Å²) in [5.41, 5.74) is 5.75. The lowest BCUT2D eigenvalue weighted by Gasteiger charge is -2.25. The molecule has 3 N–H and O–H groups in total. The Bertz CT molecular complexity index is 703. The predicted molar refractivity (Wildman–Crippen MR) is 77.7 cm³/mol. The number of aliphatic hydroxyl groups is 1. The van der Waals surface area contributed by atoms with E-state index in [1.165, 1.54) is 0 Å². The average Bonchev–Trinajstić information content (AvgIpc) is 2.88. The zero-order valence-corrected chi connectivity index (χ0v) is 12.1. The highest BCUT2D eigenvalue weighted by Gasteiger charge is 2.54. The first-order valence-corrected chi connectivity index (χ1v) is 6.76. The summed E-state index contributed by atoms with van der Waals surface area (Å²) >= 11 is 0. The zero-order valence-electron chi connectivity index (χ0n) is 12.1. The third-order valence-corrected chi connectivity index (χ3v) is 3.85. The minimum atomic E-state index is -1.85. The average molecular weight is 287 g/mol. The van der Waals surface area contributed by atoms with Gasteiger partial charge < -0.3 is 20.3 Å². The van der Waals surface area contributed by atoms with Gasteiger partial charge in [-0.1, -0.05) is 23.4 Å². The Morgan fingerprint density at radius 1 is 1.38 bits per heavy atom. The molecule has 1 aromatic heterocycles. The number of fused-ring (bicyclic) bond motifs is 1. The Kier molecular flexibility index (Phi) is 2.81. The molecular formula is C15H17N3O3. The molecule has 0 fully saturated rings. The highest BCUT2D eigenvalue weighted by Crippen LogP contribution is 2.47. The van der Waals surface area contributed by atoms with Gasteiger partial charge in [-0.3, -0.25) is 4.79 Å². The summed E-state index contributed by atoms with van der Waals surface area (Å²) in [6.07, 6.45) is 0. The standard InChI is InChI=1S/C15H17N3O3/c1-8(2)18-11-7-5-4-6-10(11)15(20,14(18)19)12-9(3)17-21-13(12)16/h4-8,20H,16H2,1-3H3/t15-/m0/s1. The monoisotopic (exact) mass is 287 g/mol. The van der Waals surface area contributed by atoms with E-state index >= 15 is 0 Å². The van der Waals surface area contributed by atoms with E-state index < -0.39 is 11.5 Å². The van der Waals surface area contributed by atoms with E-state index in [0.29, 0.717) is 16.9 Å². The SMILES string of the molecule is Cc1noc(N)c1[C@]1(O)C(=O)N(C(C)C)c2ccccc21. The number of nitrogens with two attached hydrogens (primary N) is 1. The van der Waals surface area contributed by atoms with Gasteiger partial charge >= 0.3 is 0 Å². The fourth-order valence-corrected chi connectivity index (χ4v) is 2.97. The normalized spacial score (nSPS) is 21.2. The molecule has 1 atom stereocenters. The number of aromatic nitrogens is 1. The number of hydrogen-bond donors (Lipinski definition) is 2. The number of nitrogen functional groups attached to an aromatic ring is 1. The molecule has 21 heavy (non-hydrogen) atoms. The van der Waals surface area contributed by atoms with E-state index in [1.54, 1.807) is 24.0 Å². The van der Waals surface area contributed by atoms with E-state index in [-0.39, 0.29) is 17.5 Å².